The number of hydrogen-bond acceptors (Lipinski definition) is 13. The number of hydrogen-bond donors (Lipinski definition) is 7. The van der Waals surface area contributed by atoms with Crippen molar-refractivity contribution in [2.45, 2.75) is 197 Å². The Morgan fingerprint density at radius 1 is 0.600 bits per heavy atom. The van der Waals surface area contributed by atoms with Gasteiger partial charge >= 0.3 is 17.9 Å². The minimum atomic E-state index is -0.538. The first kappa shape index (κ1) is 59.5. The Kier molecular flexibility index (Phi) is 24.5. The second-order valence-corrected chi connectivity index (χ2v) is 22.0. The van der Waals surface area contributed by atoms with E-state index < -0.39 is 36.6 Å². The predicted molar refractivity (Wildman–Crippen MR) is 287 cm³/mol. The highest BCUT2D eigenvalue weighted by molar-refractivity contribution is 5.73. The third kappa shape index (κ3) is 19.7. The summed E-state index contributed by atoms with van der Waals surface area (Å²) in [5, 5.41) is 71.6. The molecule has 15 atom stereocenters. The molecule has 2 aliphatic heterocycles. The lowest BCUT2D eigenvalue weighted by Gasteiger charge is -2.23. The van der Waals surface area contributed by atoms with Crippen LogP contribution in [0, 0.1) is 35.5 Å². The summed E-state index contributed by atoms with van der Waals surface area (Å²) in [6.07, 6.45) is 16.5. The number of rotatable bonds is 24. The topological polar surface area (TPSA) is 221 Å². The monoisotopic (exact) mass is 1040 g/mol. The molecule has 3 aromatic carbocycles. The number of benzene rings is 3. The van der Waals surface area contributed by atoms with Gasteiger partial charge in [0, 0.05) is 37.0 Å². The molecule has 3 aliphatic carbocycles. The summed E-state index contributed by atoms with van der Waals surface area (Å²) in [6, 6.07) is 30.3. The minimum absolute atomic E-state index is 0.00652. The Morgan fingerprint density at radius 3 is 1.64 bits per heavy atom. The maximum atomic E-state index is 11.5. The second-order valence-electron chi connectivity index (χ2n) is 22.0. The fourth-order valence-corrected chi connectivity index (χ4v) is 11.9. The molecular weight excluding hydrogens is 953 g/mol. The number of ether oxygens (including phenoxy) is 3. The summed E-state index contributed by atoms with van der Waals surface area (Å²) in [4.78, 5) is 34.2. The van der Waals surface area contributed by atoms with Crippen molar-refractivity contribution in [3.8, 4) is 0 Å². The van der Waals surface area contributed by atoms with Crippen LogP contribution in [0.2, 0.25) is 0 Å². The number of unbranched alkanes of at least 4 members (excludes halogenated alkanes) is 1. The average molecular weight is 1040 g/mol. The summed E-state index contributed by atoms with van der Waals surface area (Å²) in [5.74, 6) is -0.273. The van der Waals surface area contributed by atoms with Crippen LogP contribution in [0.25, 0.3) is 0 Å². The van der Waals surface area contributed by atoms with Crippen molar-refractivity contribution in [3.05, 3.63) is 132 Å². The zero-order valence-corrected chi connectivity index (χ0v) is 44.2. The van der Waals surface area contributed by atoms with Crippen LogP contribution in [0.4, 0.5) is 0 Å². The molecule has 0 spiro atoms. The standard InChI is InChI=1S/C26H40O5.C18H24O4.C18H22O4/c1-19(2)31-26(30)13-9-4-3-8-12-22-23(25(29)18-24(22)28)17-16-21(27)15-14-20-10-6-5-7-11-20;2*19-13(7-6-12-4-2-1-3-5-12)8-9-14-15-10-18(21)22-17(15)11-16(14)20/h3,5-8,10-11,19,21-25,27-29H,4,9,12-18H2,1-2H3;1-5,13-17,19-20H,6-11H2;1-5,8-9,13-17,19-20H,6-7,10-11H2/b8-3-;;9-8+/t21-,22+,23+,24-,25+;2*13-,14+,15+,16+,17-/m000/s1. The Balaban J connectivity index is 0.000000187. The minimum Gasteiger partial charge on any atom is -0.463 e. The smallest absolute Gasteiger partial charge is 0.306 e. The SMILES string of the molecule is CC(C)OC(=O)CCC/C=C\C[C@@H]1[C@@H](CC[C@@H](O)CCc2ccccc2)[C@H](O)C[C@@H]1O.O=C1C[C@@H]2[C@@H](/C=C/[C@@H](O)CCc3ccccc3)[C@H](O)C[C@@H]2O1.O=C1C[C@@H]2[C@@H](CC[C@@H](O)CCc3ccccc3)[C@H](O)C[C@@H]2O1. The summed E-state index contributed by atoms with van der Waals surface area (Å²) in [6.45, 7) is 3.69. The molecule has 2 heterocycles. The molecule has 2 saturated heterocycles. The molecule has 5 fully saturated rings. The number of carbonyl (C=O) groups is 3. The molecule has 75 heavy (non-hydrogen) atoms. The number of aliphatic hydroxyl groups is 7. The van der Waals surface area contributed by atoms with Gasteiger partial charge in [0.05, 0.1) is 61.7 Å². The van der Waals surface area contributed by atoms with Crippen LogP contribution >= 0.6 is 0 Å². The summed E-state index contributed by atoms with van der Waals surface area (Å²) < 4.78 is 15.6. The summed E-state index contributed by atoms with van der Waals surface area (Å²) in [7, 11) is 0. The van der Waals surface area contributed by atoms with Crippen molar-refractivity contribution >= 4 is 17.9 Å². The van der Waals surface area contributed by atoms with E-state index >= 15 is 0 Å². The normalized spacial score (nSPS) is 29.0. The van der Waals surface area contributed by atoms with Crippen molar-refractivity contribution < 1.29 is 64.3 Å². The van der Waals surface area contributed by atoms with Gasteiger partial charge in [-0.2, -0.15) is 0 Å². The van der Waals surface area contributed by atoms with Crippen LogP contribution in [-0.2, 0) is 47.9 Å². The molecule has 412 valence electrons. The molecule has 3 aromatic rings. The van der Waals surface area contributed by atoms with Gasteiger partial charge in [0.15, 0.2) is 0 Å². The lowest BCUT2D eigenvalue weighted by atomic mass is 9.85. The number of aliphatic hydroxyl groups excluding tert-OH is 7. The van der Waals surface area contributed by atoms with Gasteiger partial charge in [-0.15, -0.1) is 0 Å². The molecular formula is C62H86O13. The van der Waals surface area contributed by atoms with Crippen LogP contribution < -0.4 is 0 Å². The van der Waals surface area contributed by atoms with Gasteiger partial charge in [0.2, 0.25) is 0 Å². The molecule has 5 aliphatic rings. The zero-order chi connectivity index (χ0) is 53.7. The van der Waals surface area contributed by atoms with Gasteiger partial charge in [-0.05, 0) is 138 Å². The highest BCUT2D eigenvalue weighted by atomic mass is 16.6. The van der Waals surface area contributed by atoms with E-state index in [2.05, 4.69) is 30.3 Å². The Hall–Kier alpha value is -4.73. The Morgan fingerprint density at radius 2 is 1.08 bits per heavy atom. The Bertz CT molecular complexity index is 2180. The van der Waals surface area contributed by atoms with Gasteiger partial charge in [-0.1, -0.05) is 115 Å². The maximum absolute atomic E-state index is 11.5. The van der Waals surface area contributed by atoms with Gasteiger partial charge in [-0.3, -0.25) is 14.4 Å². The third-order valence-electron chi connectivity index (χ3n) is 16.0. The largest absolute Gasteiger partial charge is 0.463 e. The van der Waals surface area contributed by atoms with Gasteiger partial charge in [0.25, 0.3) is 0 Å². The van der Waals surface area contributed by atoms with Crippen molar-refractivity contribution in [1.29, 1.82) is 0 Å². The first-order chi connectivity index (χ1) is 36.1. The summed E-state index contributed by atoms with van der Waals surface area (Å²) >= 11 is 0. The van der Waals surface area contributed by atoms with Crippen LogP contribution in [0.1, 0.15) is 133 Å². The number of fused-ring (bicyclic) bond motifs is 2. The van der Waals surface area contributed by atoms with Crippen molar-refractivity contribution in [3.63, 3.8) is 0 Å². The molecule has 0 aromatic heterocycles. The molecule has 13 nitrogen and oxygen atoms in total. The number of allylic oxidation sites excluding steroid dienone is 2. The lowest BCUT2D eigenvalue weighted by Crippen LogP contribution is -2.23. The highest BCUT2D eigenvalue weighted by Gasteiger charge is 2.50. The quantitative estimate of drug-likeness (QED) is 0.0195. The Labute approximate surface area is 445 Å². The van der Waals surface area contributed by atoms with E-state index in [1.165, 1.54) is 16.7 Å². The predicted octanol–water partition coefficient (Wildman–Crippen LogP) is 8.11. The van der Waals surface area contributed by atoms with Gasteiger partial charge < -0.3 is 50.0 Å². The van der Waals surface area contributed by atoms with E-state index in [-0.39, 0.29) is 77.8 Å². The second kappa shape index (κ2) is 30.9. The first-order valence-electron chi connectivity index (χ1n) is 27.9. The van der Waals surface area contributed by atoms with Crippen LogP contribution in [0.15, 0.2) is 115 Å². The van der Waals surface area contributed by atoms with E-state index in [4.69, 9.17) is 14.2 Å². The number of esters is 3. The molecule has 0 bridgehead atoms. The molecule has 0 amide bonds. The van der Waals surface area contributed by atoms with E-state index in [9.17, 15) is 50.1 Å². The maximum Gasteiger partial charge on any atom is 0.306 e. The fraction of sp³-hybridized carbons (Fsp3) is 0.597. The van der Waals surface area contributed by atoms with E-state index in [0.717, 1.165) is 44.9 Å². The van der Waals surface area contributed by atoms with Crippen molar-refractivity contribution in [2.24, 2.45) is 35.5 Å². The average Bonchev–Trinajstić information content (AvgIpc) is 4.17. The number of carbonyl (C=O) groups excluding carboxylic acids is 3. The van der Waals surface area contributed by atoms with Crippen LogP contribution in [0.5, 0.6) is 0 Å². The van der Waals surface area contributed by atoms with E-state index in [1.54, 1.807) is 6.08 Å². The molecule has 3 saturated carbocycles. The third-order valence-corrected chi connectivity index (χ3v) is 16.0. The molecule has 0 radical (unpaired) electrons. The van der Waals surface area contributed by atoms with Crippen molar-refractivity contribution in [1.82, 2.24) is 0 Å². The fourth-order valence-electron chi connectivity index (χ4n) is 11.9. The van der Waals surface area contributed by atoms with Crippen LogP contribution in [-0.4, -0.2) is 115 Å². The summed E-state index contributed by atoms with van der Waals surface area (Å²) in [5.41, 5.74) is 3.65. The van der Waals surface area contributed by atoms with E-state index in [1.807, 2.05) is 92.7 Å². The highest BCUT2D eigenvalue weighted by Crippen LogP contribution is 2.44. The molecule has 7 N–H and O–H groups in total. The molecule has 13 heteroatoms. The lowest BCUT2D eigenvalue weighted by molar-refractivity contribution is -0.147. The first-order valence-corrected chi connectivity index (χ1v) is 27.9. The number of aryl methyl sites for hydroxylation is 3. The molecule has 0 unspecified atom stereocenters. The van der Waals surface area contributed by atoms with Crippen molar-refractivity contribution in [2.75, 3.05) is 0 Å². The van der Waals surface area contributed by atoms with Crippen LogP contribution in [0.3, 0.4) is 0 Å². The van der Waals surface area contributed by atoms with E-state index in [0.29, 0.717) is 77.0 Å². The van der Waals surface area contributed by atoms with Gasteiger partial charge in [-0.25, -0.2) is 0 Å². The molecule has 8 rings (SSSR count). The van der Waals surface area contributed by atoms with Gasteiger partial charge in [0.1, 0.15) is 12.2 Å². The zero-order valence-electron chi connectivity index (χ0n) is 44.2.